The Kier molecular flexibility index (Phi) is 5.81. The van der Waals surface area contributed by atoms with Gasteiger partial charge in [0.1, 0.15) is 5.82 Å². The number of hydrogen-bond donors (Lipinski definition) is 0. The Morgan fingerprint density at radius 3 is 2.50 bits per heavy atom. The van der Waals surface area contributed by atoms with Gasteiger partial charge in [0.2, 0.25) is 5.90 Å². The topological polar surface area (TPSA) is 74.2 Å². The van der Waals surface area contributed by atoms with Gasteiger partial charge in [-0.25, -0.2) is 19.0 Å². The molecule has 0 atom stereocenters. The minimum Gasteiger partial charge on any atom is -0.493 e. The number of nitrogens with zero attached hydrogens (tertiary/aromatic N) is 1. The highest BCUT2D eigenvalue weighted by atomic mass is 19.1. The minimum atomic E-state index is -0.627. The number of esters is 2. The maximum Gasteiger partial charge on any atom is 0.363 e. The number of rotatable bonds is 5. The molecule has 7 heteroatoms. The molecule has 0 amide bonds. The predicted octanol–water partition coefficient (Wildman–Crippen LogP) is 4.71. The van der Waals surface area contributed by atoms with Crippen LogP contribution in [-0.4, -0.2) is 24.9 Å². The van der Waals surface area contributed by atoms with Crippen molar-refractivity contribution in [3.63, 3.8) is 0 Å². The Labute approximate surface area is 183 Å². The van der Waals surface area contributed by atoms with Crippen molar-refractivity contribution in [2.45, 2.75) is 6.92 Å². The number of methoxy groups -OCH3 is 1. The van der Waals surface area contributed by atoms with E-state index in [1.54, 1.807) is 30.3 Å². The third-order valence-corrected chi connectivity index (χ3v) is 4.77. The quantitative estimate of drug-likeness (QED) is 0.332. The first-order chi connectivity index (χ1) is 15.4. The zero-order valence-electron chi connectivity index (χ0n) is 17.3. The molecule has 0 saturated carbocycles. The molecule has 6 nitrogen and oxygen atoms in total. The lowest BCUT2D eigenvalue weighted by molar-refractivity contribution is -0.129. The van der Waals surface area contributed by atoms with Gasteiger partial charge in [0.25, 0.3) is 0 Å². The number of carbonyl (C=O) groups is 2. The number of aryl methyl sites for hydroxylation is 1. The van der Waals surface area contributed by atoms with Crippen LogP contribution in [0.1, 0.15) is 27.0 Å². The molecule has 1 aliphatic rings. The lowest BCUT2D eigenvalue weighted by Gasteiger charge is -2.11. The van der Waals surface area contributed by atoms with Crippen LogP contribution in [0, 0.1) is 12.7 Å². The fraction of sp³-hybridized carbons (Fsp3) is 0.0800. The van der Waals surface area contributed by atoms with E-state index in [4.69, 9.17) is 14.2 Å². The highest BCUT2D eigenvalue weighted by molar-refractivity contribution is 6.12. The molecule has 0 spiro atoms. The van der Waals surface area contributed by atoms with Gasteiger partial charge in [0.15, 0.2) is 17.2 Å². The van der Waals surface area contributed by atoms with E-state index in [1.807, 2.05) is 19.1 Å². The largest absolute Gasteiger partial charge is 0.493 e. The van der Waals surface area contributed by atoms with E-state index in [2.05, 4.69) is 4.99 Å². The fourth-order valence-electron chi connectivity index (χ4n) is 3.10. The van der Waals surface area contributed by atoms with E-state index in [1.165, 1.54) is 37.5 Å². The molecule has 0 saturated heterocycles. The summed E-state index contributed by atoms with van der Waals surface area (Å²) in [6.45, 7) is 1.82. The van der Waals surface area contributed by atoms with E-state index >= 15 is 0 Å². The van der Waals surface area contributed by atoms with E-state index in [0.29, 0.717) is 22.4 Å². The number of ether oxygens (including phenoxy) is 3. The average Bonchev–Trinajstić information content (AvgIpc) is 3.15. The molecular formula is C25H18FNO5. The third kappa shape index (κ3) is 4.41. The molecule has 1 aliphatic heterocycles. The van der Waals surface area contributed by atoms with Crippen molar-refractivity contribution in [1.29, 1.82) is 0 Å². The molecule has 4 rings (SSSR count). The first kappa shape index (κ1) is 21.0. The summed E-state index contributed by atoms with van der Waals surface area (Å²) in [5.74, 6) is -0.872. The van der Waals surface area contributed by atoms with E-state index in [0.717, 1.165) is 5.56 Å². The normalized spacial score (nSPS) is 14.2. The van der Waals surface area contributed by atoms with Gasteiger partial charge < -0.3 is 14.2 Å². The summed E-state index contributed by atoms with van der Waals surface area (Å²) in [4.78, 5) is 28.9. The van der Waals surface area contributed by atoms with Gasteiger partial charge in [-0.1, -0.05) is 24.3 Å². The third-order valence-electron chi connectivity index (χ3n) is 4.77. The van der Waals surface area contributed by atoms with Crippen LogP contribution in [0.15, 0.2) is 77.4 Å². The summed E-state index contributed by atoms with van der Waals surface area (Å²) < 4.78 is 29.1. The van der Waals surface area contributed by atoms with Crippen molar-refractivity contribution in [3.05, 3.63) is 100 Å². The molecule has 0 aromatic heterocycles. The maximum atomic E-state index is 13.1. The zero-order chi connectivity index (χ0) is 22.7. The predicted molar refractivity (Wildman–Crippen MR) is 116 cm³/mol. The van der Waals surface area contributed by atoms with E-state index < -0.39 is 17.8 Å². The van der Waals surface area contributed by atoms with Crippen molar-refractivity contribution in [3.8, 4) is 11.5 Å². The molecule has 32 heavy (non-hydrogen) atoms. The zero-order valence-corrected chi connectivity index (χ0v) is 17.3. The first-order valence-electron chi connectivity index (χ1n) is 9.69. The molecule has 3 aromatic carbocycles. The minimum absolute atomic E-state index is 0.0797. The lowest BCUT2D eigenvalue weighted by atomic mass is 10.1. The van der Waals surface area contributed by atoms with E-state index in [9.17, 15) is 14.0 Å². The summed E-state index contributed by atoms with van der Waals surface area (Å²) in [5.41, 5.74) is 2.41. The first-order valence-corrected chi connectivity index (χ1v) is 9.69. The Balaban J connectivity index is 1.58. The molecular weight excluding hydrogens is 413 g/mol. The van der Waals surface area contributed by atoms with Gasteiger partial charge in [-0.2, -0.15) is 0 Å². The van der Waals surface area contributed by atoms with Crippen LogP contribution < -0.4 is 9.47 Å². The molecule has 0 aliphatic carbocycles. The fourth-order valence-corrected chi connectivity index (χ4v) is 3.10. The van der Waals surface area contributed by atoms with Gasteiger partial charge in [-0.05, 0) is 66.6 Å². The summed E-state index contributed by atoms with van der Waals surface area (Å²) in [6, 6.07) is 17.4. The number of aliphatic imine (C=N–C) groups is 1. The number of hydrogen-bond acceptors (Lipinski definition) is 6. The molecule has 0 N–H and O–H groups in total. The summed E-state index contributed by atoms with van der Waals surface area (Å²) >= 11 is 0. The summed E-state index contributed by atoms with van der Waals surface area (Å²) in [7, 11) is 1.45. The molecule has 0 unspecified atom stereocenters. The second-order valence-electron chi connectivity index (χ2n) is 6.96. The summed E-state index contributed by atoms with van der Waals surface area (Å²) in [5, 5.41) is 0. The van der Waals surface area contributed by atoms with Crippen molar-refractivity contribution in [2.24, 2.45) is 4.99 Å². The van der Waals surface area contributed by atoms with Crippen LogP contribution in [0.4, 0.5) is 4.39 Å². The van der Waals surface area contributed by atoms with Crippen LogP contribution in [0.5, 0.6) is 11.5 Å². The molecule has 3 aromatic rings. The van der Waals surface area contributed by atoms with Crippen LogP contribution in [0.2, 0.25) is 0 Å². The van der Waals surface area contributed by atoms with Gasteiger partial charge >= 0.3 is 11.9 Å². The van der Waals surface area contributed by atoms with Gasteiger partial charge in [-0.3, -0.25) is 0 Å². The van der Waals surface area contributed by atoms with Crippen molar-refractivity contribution < 1.29 is 28.2 Å². The highest BCUT2D eigenvalue weighted by Crippen LogP contribution is 2.30. The highest BCUT2D eigenvalue weighted by Gasteiger charge is 2.24. The molecule has 0 radical (unpaired) electrons. The van der Waals surface area contributed by atoms with Crippen molar-refractivity contribution in [2.75, 3.05) is 7.11 Å². The second-order valence-corrected chi connectivity index (χ2v) is 6.96. The summed E-state index contributed by atoms with van der Waals surface area (Å²) in [6.07, 6.45) is 1.52. The standard InChI is InChI=1S/C25H18FNO5/c1-15-5-3-4-6-19(15)24(28)31-21-12-7-16(14-22(21)30-2)13-20-25(29)32-23(27-20)17-8-10-18(26)11-9-17/h3-14H,1-2H3/b20-13-. The molecule has 0 fully saturated rings. The van der Waals surface area contributed by atoms with Crippen LogP contribution in [0.3, 0.4) is 0 Å². The maximum absolute atomic E-state index is 13.1. The average molecular weight is 431 g/mol. The van der Waals surface area contributed by atoms with Gasteiger partial charge in [-0.15, -0.1) is 0 Å². The molecule has 1 heterocycles. The second kappa shape index (κ2) is 8.85. The number of carbonyl (C=O) groups excluding carboxylic acids is 2. The Hall–Kier alpha value is -4.26. The number of cyclic esters (lactones) is 1. The Morgan fingerprint density at radius 1 is 1.03 bits per heavy atom. The smallest absolute Gasteiger partial charge is 0.363 e. The van der Waals surface area contributed by atoms with Crippen molar-refractivity contribution >= 4 is 23.9 Å². The van der Waals surface area contributed by atoms with Crippen LogP contribution >= 0.6 is 0 Å². The molecule has 0 bridgehead atoms. The molecule has 160 valence electrons. The van der Waals surface area contributed by atoms with Crippen molar-refractivity contribution in [1.82, 2.24) is 0 Å². The van der Waals surface area contributed by atoms with Gasteiger partial charge in [0.05, 0.1) is 12.7 Å². The van der Waals surface area contributed by atoms with Crippen LogP contribution in [0.25, 0.3) is 6.08 Å². The Morgan fingerprint density at radius 2 is 1.78 bits per heavy atom. The monoisotopic (exact) mass is 431 g/mol. The lowest BCUT2D eigenvalue weighted by Crippen LogP contribution is -2.10. The van der Waals surface area contributed by atoms with Crippen LogP contribution in [-0.2, 0) is 9.53 Å². The SMILES string of the molecule is COc1cc(/C=C2\N=C(c3ccc(F)cc3)OC2=O)ccc1OC(=O)c1ccccc1C. The number of benzene rings is 3. The van der Waals surface area contributed by atoms with Gasteiger partial charge in [0, 0.05) is 5.56 Å². The number of halogens is 1. The van der Waals surface area contributed by atoms with E-state index in [-0.39, 0.29) is 17.3 Å². The Bertz CT molecular complexity index is 1260.